The molecule has 1 atom stereocenters. The van der Waals surface area contributed by atoms with Crippen molar-refractivity contribution in [3.05, 3.63) is 48.0 Å². The highest BCUT2D eigenvalue weighted by Crippen LogP contribution is 2.21. The van der Waals surface area contributed by atoms with E-state index < -0.39 is 0 Å². The molecule has 0 saturated carbocycles. The fourth-order valence-corrected chi connectivity index (χ4v) is 2.59. The van der Waals surface area contributed by atoms with Gasteiger partial charge in [-0.2, -0.15) is 0 Å². The lowest BCUT2D eigenvalue weighted by atomic mass is 10.0. The molecule has 0 bridgehead atoms. The number of hydrogen-bond donors (Lipinski definition) is 1. The lowest BCUT2D eigenvalue weighted by Gasteiger charge is -2.17. The number of amides is 1. The monoisotopic (exact) mass is 240 g/mol. The minimum absolute atomic E-state index is 0.00697. The van der Waals surface area contributed by atoms with Gasteiger partial charge in [-0.1, -0.05) is 42.5 Å². The van der Waals surface area contributed by atoms with E-state index in [0.29, 0.717) is 19.5 Å². The smallest absolute Gasteiger partial charge is 0.224 e. The molecule has 2 aromatic carbocycles. The Hall–Kier alpha value is -1.87. The van der Waals surface area contributed by atoms with Crippen LogP contribution in [0.3, 0.4) is 0 Å². The summed E-state index contributed by atoms with van der Waals surface area (Å²) in [4.78, 5) is 13.6. The fraction of sp³-hybridized carbons (Fsp3) is 0.267. The first kappa shape index (κ1) is 11.2. The number of nitrogens with two attached hydrogens (primary N) is 1. The molecule has 1 saturated heterocycles. The summed E-state index contributed by atoms with van der Waals surface area (Å²) in [6.07, 6.45) is 0.477. The predicted molar refractivity (Wildman–Crippen MR) is 72.0 cm³/mol. The van der Waals surface area contributed by atoms with Crippen molar-refractivity contribution in [3.8, 4) is 0 Å². The molecule has 1 aliphatic rings. The second-order valence-corrected chi connectivity index (χ2v) is 4.88. The van der Waals surface area contributed by atoms with Crippen LogP contribution in [0, 0.1) is 0 Å². The van der Waals surface area contributed by atoms with Crippen molar-refractivity contribution in [1.29, 1.82) is 0 Å². The predicted octanol–water partition coefficient (Wildman–Crippen LogP) is 1.90. The van der Waals surface area contributed by atoms with E-state index in [2.05, 4.69) is 24.3 Å². The fourth-order valence-electron chi connectivity index (χ4n) is 2.59. The average Bonchev–Trinajstić information content (AvgIpc) is 2.68. The van der Waals surface area contributed by atoms with Gasteiger partial charge in [0.25, 0.3) is 0 Å². The van der Waals surface area contributed by atoms with Crippen LogP contribution in [0.15, 0.2) is 42.5 Å². The number of nitrogens with zero attached hydrogens (tertiary/aromatic N) is 1. The van der Waals surface area contributed by atoms with Gasteiger partial charge in [-0.15, -0.1) is 0 Å². The van der Waals surface area contributed by atoms with Gasteiger partial charge in [-0.05, 0) is 16.3 Å². The van der Waals surface area contributed by atoms with Crippen molar-refractivity contribution in [3.63, 3.8) is 0 Å². The van der Waals surface area contributed by atoms with E-state index >= 15 is 0 Å². The Labute approximate surface area is 106 Å². The summed E-state index contributed by atoms with van der Waals surface area (Å²) in [5.41, 5.74) is 7.01. The highest BCUT2D eigenvalue weighted by molar-refractivity contribution is 5.86. The van der Waals surface area contributed by atoms with Crippen molar-refractivity contribution >= 4 is 16.7 Å². The molecule has 3 rings (SSSR count). The van der Waals surface area contributed by atoms with Crippen LogP contribution in [0.4, 0.5) is 0 Å². The minimum atomic E-state index is -0.00697. The minimum Gasteiger partial charge on any atom is -0.337 e. The summed E-state index contributed by atoms with van der Waals surface area (Å²) in [6, 6.07) is 14.5. The van der Waals surface area contributed by atoms with Gasteiger partial charge in [0.15, 0.2) is 0 Å². The van der Waals surface area contributed by atoms with Crippen LogP contribution >= 0.6 is 0 Å². The highest BCUT2D eigenvalue weighted by atomic mass is 16.2. The first-order chi connectivity index (χ1) is 8.74. The third-order valence-electron chi connectivity index (χ3n) is 3.49. The molecule has 2 N–H and O–H groups in total. The van der Waals surface area contributed by atoms with Crippen LogP contribution in [0.1, 0.15) is 12.0 Å². The van der Waals surface area contributed by atoms with E-state index in [4.69, 9.17) is 5.73 Å². The van der Waals surface area contributed by atoms with Crippen LogP contribution < -0.4 is 5.73 Å². The molecule has 0 spiro atoms. The Balaban J connectivity index is 1.93. The number of likely N-dealkylation sites (tertiary alicyclic amines) is 1. The van der Waals surface area contributed by atoms with Crippen LogP contribution in [-0.4, -0.2) is 23.4 Å². The largest absolute Gasteiger partial charge is 0.337 e. The molecule has 1 fully saturated rings. The molecule has 0 aromatic heterocycles. The molecule has 92 valence electrons. The quantitative estimate of drug-likeness (QED) is 0.871. The number of hydrogen-bond acceptors (Lipinski definition) is 2. The summed E-state index contributed by atoms with van der Waals surface area (Å²) in [5, 5.41) is 2.43. The van der Waals surface area contributed by atoms with E-state index in [1.54, 1.807) is 0 Å². The van der Waals surface area contributed by atoms with Crippen molar-refractivity contribution in [2.24, 2.45) is 5.73 Å². The first-order valence-electron chi connectivity index (χ1n) is 6.24. The lowest BCUT2D eigenvalue weighted by Crippen LogP contribution is -2.27. The van der Waals surface area contributed by atoms with Crippen molar-refractivity contribution < 1.29 is 4.79 Å². The van der Waals surface area contributed by atoms with Gasteiger partial charge in [-0.25, -0.2) is 0 Å². The average molecular weight is 240 g/mol. The molecular formula is C15H16N2O. The molecule has 1 heterocycles. The summed E-state index contributed by atoms with van der Waals surface area (Å²) < 4.78 is 0. The number of benzene rings is 2. The Bertz CT molecular complexity index is 589. The second-order valence-electron chi connectivity index (χ2n) is 4.88. The second kappa shape index (κ2) is 4.42. The molecule has 1 amide bonds. The van der Waals surface area contributed by atoms with Crippen molar-refractivity contribution in [1.82, 2.24) is 4.90 Å². The Morgan fingerprint density at radius 3 is 2.72 bits per heavy atom. The van der Waals surface area contributed by atoms with E-state index in [1.165, 1.54) is 16.3 Å². The zero-order valence-corrected chi connectivity index (χ0v) is 10.2. The molecule has 0 radical (unpaired) electrons. The van der Waals surface area contributed by atoms with Gasteiger partial charge in [0.05, 0.1) is 0 Å². The van der Waals surface area contributed by atoms with Crippen molar-refractivity contribution in [2.45, 2.75) is 19.0 Å². The van der Waals surface area contributed by atoms with Crippen LogP contribution in [-0.2, 0) is 11.3 Å². The molecule has 2 aromatic rings. The SMILES string of the molecule is N[C@H]1CC(=O)N(Cc2cccc3ccccc23)C1. The Kier molecular flexibility index (Phi) is 2.76. The maximum Gasteiger partial charge on any atom is 0.224 e. The van der Waals surface area contributed by atoms with E-state index in [9.17, 15) is 4.79 Å². The highest BCUT2D eigenvalue weighted by Gasteiger charge is 2.26. The molecule has 1 aliphatic heterocycles. The third-order valence-corrected chi connectivity index (χ3v) is 3.49. The standard InChI is InChI=1S/C15H16N2O/c16-13-8-15(18)17(10-13)9-12-6-3-5-11-4-1-2-7-14(11)12/h1-7,13H,8-10,16H2/t13-/m0/s1. The first-order valence-corrected chi connectivity index (χ1v) is 6.24. The number of fused-ring (bicyclic) bond motifs is 1. The van der Waals surface area contributed by atoms with Gasteiger partial charge in [-0.3, -0.25) is 4.79 Å². The van der Waals surface area contributed by atoms with Gasteiger partial charge >= 0.3 is 0 Å². The molecular weight excluding hydrogens is 224 g/mol. The Morgan fingerprint density at radius 1 is 1.17 bits per heavy atom. The number of carbonyl (C=O) groups is 1. The van der Waals surface area contributed by atoms with Crippen LogP contribution in [0.5, 0.6) is 0 Å². The van der Waals surface area contributed by atoms with Gasteiger partial charge in [0.2, 0.25) is 5.91 Å². The van der Waals surface area contributed by atoms with Gasteiger partial charge < -0.3 is 10.6 Å². The molecule has 18 heavy (non-hydrogen) atoms. The van der Waals surface area contributed by atoms with Gasteiger partial charge in [0.1, 0.15) is 0 Å². The molecule has 3 heteroatoms. The molecule has 0 aliphatic carbocycles. The van der Waals surface area contributed by atoms with Crippen LogP contribution in [0.25, 0.3) is 10.8 Å². The normalized spacial score (nSPS) is 19.7. The summed E-state index contributed by atoms with van der Waals surface area (Å²) in [5.74, 6) is 0.162. The summed E-state index contributed by atoms with van der Waals surface area (Å²) in [6.45, 7) is 1.33. The van der Waals surface area contributed by atoms with E-state index in [-0.39, 0.29) is 11.9 Å². The zero-order chi connectivity index (χ0) is 12.5. The van der Waals surface area contributed by atoms with E-state index in [1.807, 2.05) is 23.1 Å². The topological polar surface area (TPSA) is 46.3 Å². The summed E-state index contributed by atoms with van der Waals surface area (Å²) in [7, 11) is 0. The number of carbonyl (C=O) groups excluding carboxylic acids is 1. The molecule has 3 nitrogen and oxygen atoms in total. The maximum absolute atomic E-state index is 11.8. The Morgan fingerprint density at radius 2 is 1.94 bits per heavy atom. The third kappa shape index (κ3) is 1.97. The maximum atomic E-state index is 11.8. The lowest BCUT2D eigenvalue weighted by molar-refractivity contribution is -0.128. The number of rotatable bonds is 2. The van der Waals surface area contributed by atoms with E-state index in [0.717, 1.165) is 0 Å². The van der Waals surface area contributed by atoms with Crippen LogP contribution in [0.2, 0.25) is 0 Å². The van der Waals surface area contributed by atoms with Crippen molar-refractivity contribution in [2.75, 3.05) is 6.54 Å². The zero-order valence-electron chi connectivity index (χ0n) is 10.2. The molecule has 0 unspecified atom stereocenters. The summed E-state index contributed by atoms with van der Waals surface area (Å²) >= 11 is 0. The van der Waals surface area contributed by atoms with Gasteiger partial charge in [0, 0.05) is 25.6 Å².